The Morgan fingerprint density at radius 2 is 2.32 bits per heavy atom. The van der Waals surface area contributed by atoms with Gasteiger partial charge in [-0.1, -0.05) is 0 Å². The highest BCUT2D eigenvalue weighted by molar-refractivity contribution is 5.94. The van der Waals surface area contributed by atoms with Crippen molar-refractivity contribution in [3.05, 3.63) is 23.4 Å². The molecular formula is C14H21N3O2. The van der Waals surface area contributed by atoms with Gasteiger partial charge in [0.15, 0.2) is 0 Å². The van der Waals surface area contributed by atoms with Gasteiger partial charge in [-0.3, -0.25) is 4.79 Å². The van der Waals surface area contributed by atoms with Gasteiger partial charge in [-0.2, -0.15) is 0 Å². The van der Waals surface area contributed by atoms with Gasteiger partial charge in [0.1, 0.15) is 5.82 Å². The normalized spacial score (nSPS) is 19.2. The van der Waals surface area contributed by atoms with Gasteiger partial charge in [0.05, 0.1) is 6.10 Å². The number of pyridine rings is 1. The van der Waals surface area contributed by atoms with Crippen LogP contribution in [-0.4, -0.2) is 42.1 Å². The first-order chi connectivity index (χ1) is 9.06. The van der Waals surface area contributed by atoms with Crippen LogP contribution in [0.5, 0.6) is 0 Å². The Balaban J connectivity index is 2.01. The van der Waals surface area contributed by atoms with Gasteiger partial charge in [0.2, 0.25) is 0 Å². The lowest BCUT2D eigenvalue weighted by molar-refractivity contribution is -0.000188. The Hall–Kier alpha value is -1.62. The molecule has 1 unspecified atom stereocenters. The first-order valence-electron chi connectivity index (χ1n) is 6.67. The van der Waals surface area contributed by atoms with Crippen LogP contribution in [0.2, 0.25) is 0 Å². The number of hydrogen-bond acceptors (Lipinski definition) is 4. The standard InChI is InChI=1S/C14H21N3O2/c1-10-7-11(8-13(15)16-10)14(18)17(2)9-12-5-3-4-6-19-12/h7-8,12H,3-6,9H2,1-2H3,(H2,15,16). The van der Waals surface area contributed by atoms with Crippen LogP contribution in [0.1, 0.15) is 35.3 Å². The molecule has 1 fully saturated rings. The summed E-state index contributed by atoms with van der Waals surface area (Å²) in [6.45, 7) is 3.26. The number of likely N-dealkylation sites (N-methyl/N-ethyl adjacent to an activating group) is 1. The van der Waals surface area contributed by atoms with Gasteiger partial charge in [0, 0.05) is 31.5 Å². The van der Waals surface area contributed by atoms with Crippen molar-refractivity contribution in [2.24, 2.45) is 0 Å². The fraction of sp³-hybridized carbons (Fsp3) is 0.571. The Bertz CT molecular complexity index is 436. The number of aryl methyl sites for hydroxylation is 1. The second-order valence-electron chi connectivity index (χ2n) is 5.10. The fourth-order valence-electron chi connectivity index (χ4n) is 2.38. The van der Waals surface area contributed by atoms with Crippen molar-refractivity contribution in [1.82, 2.24) is 9.88 Å². The molecule has 1 aromatic rings. The monoisotopic (exact) mass is 263 g/mol. The molecule has 1 saturated heterocycles. The third-order valence-electron chi connectivity index (χ3n) is 3.32. The van der Waals surface area contributed by atoms with Gasteiger partial charge >= 0.3 is 0 Å². The molecule has 0 aliphatic carbocycles. The molecule has 1 aromatic heterocycles. The van der Waals surface area contributed by atoms with E-state index in [9.17, 15) is 4.79 Å². The maximum absolute atomic E-state index is 12.3. The zero-order valence-corrected chi connectivity index (χ0v) is 11.6. The molecule has 19 heavy (non-hydrogen) atoms. The molecule has 1 atom stereocenters. The summed E-state index contributed by atoms with van der Waals surface area (Å²) < 4.78 is 5.65. The number of carbonyl (C=O) groups is 1. The van der Waals surface area contributed by atoms with Crippen molar-refractivity contribution in [3.63, 3.8) is 0 Å². The quantitative estimate of drug-likeness (QED) is 0.899. The molecule has 0 spiro atoms. The molecule has 104 valence electrons. The summed E-state index contributed by atoms with van der Waals surface area (Å²) in [7, 11) is 1.80. The van der Waals surface area contributed by atoms with Crippen LogP contribution in [0, 0.1) is 6.92 Å². The van der Waals surface area contributed by atoms with E-state index < -0.39 is 0 Å². The van der Waals surface area contributed by atoms with Gasteiger partial charge < -0.3 is 15.4 Å². The van der Waals surface area contributed by atoms with E-state index in [0.29, 0.717) is 17.9 Å². The molecule has 2 rings (SSSR count). The third kappa shape index (κ3) is 3.67. The number of amides is 1. The van der Waals surface area contributed by atoms with Crippen molar-refractivity contribution < 1.29 is 9.53 Å². The first kappa shape index (κ1) is 13.8. The van der Waals surface area contributed by atoms with E-state index >= 15 is 0 Å². The number of nitrogens with zero attached hydrogens (tertiary/aromatic N) is 2. The molecule has 2 N–H and O–H groups in total. The number of anilines is 1. The van der Waals surface area contributed by atoms with Gasteiger partial charge in [-0.25, -0.2) is 4.98 Å². The molecule has 0 saturated carbocycles. The van der Waals surface area contributed by atoms with Crippen molar-refractivity contribution in [3.8, 4) is 0 Å². The molecule has 5 heteroatoms. The van der Waals surface area contributed by atoms with E-state index in [0.717, 1.165) is 25.1 Å². The molecule has 0 aromatic carbocycles. The Morgan fingerprint density at radius 1 is 1.53 bits per heavy atom. The van der Waals surface area contributed by atoms with Crippen molar-refractivity contribution in [1.29, 1.82) is 0 Å². The maximum Gasteiger partial charge on any atom is 0.253 e. The van der Waals surface area contributed by atoms with Crippen LogP contribution >= 0.6 is 0 Å². The van der Waals surface area contributed by atoms with Crippen LogP contribution in [0.4, 0.5) is 5.82 Å². The molecule has 1 aliphatic rings. The van der Waals surface area contributed by atoms with Crippen LogP contribution < -0.4 is 5.73 Å². The second kappa shape index (κ2) is 6.02. The van der Waals surface area contributed by atoms with Crippen LogP contribution in [0.15, 0.2) is 12.1 Å². The molecule has 1 amide bonds. The summed E-state index contributed by atoms with van der Waals surface area (Å²) in [6, 6.07) is 3.38. The predicted molar refractivity (Wildman–Crippen MR) is 73.9 cm³/mol. The highest BCUT2D eigenvalue weighted by Crippen LogP contribution is 2.15. The van der Waals surface area contributed by atoms with E-state index in [-0.39, 0.29) is 12.0 Å². The minimum Gasteiger partial charge on any atom is -0.384 e. The predicted octanol–water partition coefficient (Wildman–Crippen LogP) is 1.61. The smallest absolute Gasteiger partial charge is 0.253 e. The second-order valence-corrected chi connectivity index (χ2v) is 5.10. The lowest BCUT2D eigenvalue weighted by Gasteiger charge is -2.27. The van der Waals surface area contributed by atoms with E-state index in [1.165, 1.54) is 6.42 Å². The van der Waals surface area contributed by atoms with Crippen LogP contribution in [0.25, 0.3) is 0 Å². The lowest BCUT2D eigenvalue weighted by Crippen LogP contribution is -2.37. The molecule has 0 radical (unpaired) electrons. The highest BCUT2D eigenvalue weighted by Gasteiger charge is 2.20. The summed E-state index contributed by atoms with van der Waals surface area (Å²) in [4.78, 5) is 18.1. The number of rotatable bonds is 3. The summed E-state index contributed by atoms with van der Waals surface area (Å²) in [6.07, 6.45) is 3.47. The van der Waals surface area contributed by atoms with E-state index in [1.807, 2.05) is 6.92 Å². The van der Waals surface area contributed by atoms with Gasteiger partial charge in [0.25, 0.3) is 5.91 Å². The average Bonchev–Trinajstić information content (AvgIpc) is 2.37. The van der Waals surface area contributed by atoms with Gasteiger partial charge in [-0.05, 0) is 38.3 Å². The number of carbonyl (C=O) groups excluding carboxylic acids is 1. The Labute approximate surface area is 113 Å². The zero-order valence-electron chi connectivity index (χ0n) is 11.6. The van der Waals surface area contributed by atoms with Gasteiger partial charge in [-0.15, -0.1) is 0 Å². The minimum atomic E-state index is -0.0358. The average molecular weight is 263 g/mol. The third-order valence-corrected chi connectivity index (χ3v) is 3.32. The van der Waals surface area contributed by atoms with E-state index in [2.05, 4.69) is 4.98 Å². The highest BCUT2D eigenvalue weighted by atomic mass is 16.5. The minimum absolute atomic E-state index is 0.0358. The molecule has 1 aliphatic heterocycles. The summed E-state index contributed by atoms with van der Waals surface area (Å²) >= 11 is 0. The van der Waals surface area contributed by atoms with Crippen molar-refractivity contribution >= 4 is 11.7 Å². The molecule has 0 bridgehead atoms. The number of ether oxygens (including phenoxy) is 1. The fourth-order valence-corrected chi connectivity index (χ4v) is 2.38. The van der Waals surface area contributed by atoms with Crippen LogP contribution in [-0.2, 0) is 4.74 Å². The SMILES string of the molecule is Cc1cc(C(=O)N(C)CC2CCCCO2)cc(N)n1. The largest absolute Gasteiger partial charge is 0.384 e. The molecule has 2 heterocycles. The zero-order chi connectivity index (χ0) is 13.8. The number of nitrogen functional groups attached to an aromatic ring is 1. The molecular weight excluding hydrogens is 242 g/mol. The summed E-state index contributed by atoms with van der Waals surface area (Å²) in [5, 5.41) is 0. The Kier molecular flexibility index (Phi) is 4.37. The van der Waals surface area contributed by atoms with Crippen LogP contribution in [0.3, 0.4) is 0 Å². The first-order valence-corrected chi connectivity index (χ1v) is 6.67. The topological polar surface area (TPSA) is 68.5 Å². The molecule has 5 nitrogen and oxygen atoms in total. The summed E-state index contributed by atoms with van der Waals surface area (Å²) in [5.41, 5.74) is 7.02. The van der Waals surface area contributed by atoms with Crippen molar-refractivity contribution in [2.75, 3.05) is 25.9 Å². The number of nitrogens with two attached hydrogens (primary N) is 1. The lowest BCUT2D eigenvalue weighted by atomic mass is 10.1. The van der Waals surface area contributed by atoms with E-state index in [1.54, 1.807) is 24.1 Å². The maximum atomic E-state index is 12.3. The Morgan fingerprint density at radius 3 is 2.95 bits per heavy atom. The summed E-state index contributed by atoms with van der Waals surface area (Å²) in [5.74, 6) is 0.344. The number of hydrogen-bond donors (Lipinski definition) is 1. The van der Waals surface area contributed by atoms with E-state index in [4.69, 9.17) is 10.5 Å². The van der Waals surface area contributed by atoms with Crippen molar-refractivity contribution in [2.45, 2.75) is 32.3 Å². The number of aromatic nitrogens is 1.